The Morgan fingerprint density at radius 2 is 1.85 bits per heavy atom. The maximum absolute atomic E-state index is 12.0. The van der Waals surface area contributed by atoms with Gasteiger partial charge in [0.1, 0.15) is 0 Å². The number of benzene rings is 1. The van der Waals surface area contributed by atoms with Crippen LogP contribution >= 0.6 is 0 Å². The van der Waals surface area contributed by atoms with E-state index in [1.807, 2.05) is 19.1 Å². The van der Waals surface area contributed by atoms with Crippen LogP contribution in [-0.4, -0.2) is 39.7 Å². The van der Waals surface area contributed by atoms with Crippen LogP contribution in [0.1, 0.15) is 24.2 Å². The zero-order valence-corrected chi connectivity index (χ0v) is 12.6. The van der Waals surface area contributed by atoms with E-state index in [1.54, 1.807) is 19.1 Å². The lowest BCUT2D eigenvalue weighted by molar-refractivity contribution is 0.0957. The van der Waals surface area contributed by atoms with Gasteiger partial charge in [0, 0.05) is 25.3 Å². The summed E-state index contributed by atoms with van der Waals surface area (Å²) in [4.78, 5) is 12.0. The van der Waals surface area contributed by atoms with Crippen LogP contribution in [0.3, 0.4) is 0 Å². The molecule has 6 nitrogen and oxygen atoms in total. The lowest BCUT2D eigenvalue weighted by atomic mass is 10.1. The zero-order chi connectivity index (χ0) is 15.0. The van der Waals surface area contributed by atoms with Crippen LogP contribution in [0.25, 0.3) is 0 Å². The summed E-state index contributed by atoms with van der Waals surface area (Å²) in [6.07, 6.45) is 0. The molecule has 0 atom stereocenters. The van der Waals surface area contributed by atoms with E-state index in [1.165, 1.54) is 0 Å². The van der Waals surface area contributed by atoms with E-state index in [2.05, 4.69) is 15.4 Å². The number of carbonyl (C=O) groups excluding carboxylic acids is 1. The summed E-state index contributed by atoms with van der Waals surface area (Å²) < 4.78 is 25.3. The van der Waals surface area contributed by atoms with Gasteiger partial charge in [0.25, 0.3) is 5.91 Å². The van der Waals surface area contributed by atoms with Gasteiger partial charge in [-0.2, -0.15) is 0 Å². The summed E-state index contributed by atoms with van der Waals surface area (Å²) in [5, 5.41) is 5.71. The lowest BCUT2D eigenvalue weighted by Crippen LogP contribution is -2.34. The normalized spacial score (nSPS) is 11.1. The van der Waals surface area contributed by atoms with Gasteiger partial charge < -0.3 is 10.6 Å². The predicted octanol–water partition coefficient (Wildman–Crippen LogP) is 0.787. The average molecular weight is 299 g/mol. The van der Waals surface area contributed by atoms with Gasteiger partial charge in [-0.1, -0.05) is 19.1 Å². The summed E-state index contributed by atoms with van der Waals surface area (Å²) in [5.74, 6) is -0.413. The SMILES string of the molecule is CCNc1ccccc1C(=O)NCCS(=O)(=O)NCC. The maximum atomic E-state index is 12.0. The average Bonchev–Trinajstić information content (AvgIpc) is 2.39. The van der Waals surface area contributed by atoms with E-state index in [4.69, 9.17) is 0 Å². The molecule has 0 unspecified atom stereocenters. The van der Waals surface area contributed by atoms with E-state index in [9.17, 15) is 13.2 Å². The Labute approximate surface area is 120 Å². The predicted molar refractivity (Wildman–Crippen MR) is 80.4 cm³/mol. The minimum Gasteiger partial charge on any atom is -0.385 e. The highest BCUT2D eigenvalue weighted by atomic mass is 32.2. The van der Waals surface area contributed by atoms with Crippen LogP contribution in [0.15, 0.2) is 24.3 Å². The standard InChI is InChI=1S/C13H21N3O3S/c1-3-14-12-8-6-5-7-11(12)13(17)15-9-10-20(18,19)16-4-2/h5-8,14,16H,3-4,9-10H2,1-2H3,(H,15,17). The number of sulfonamides is 1. The van der Waals surface area contributed by atoms with Crippen LogP contribution in [0.2, 0.25) is 0 Å². The lowest BCUT2D eigenvalue weighted by Gasteiger charge is -2.11. The molecule has 0 fully saturated rings. The molecule has 0 aromatic heterocycles. The highest BCUT2D eigenvalue weighted by molar-refractivity contribution is 7.89. The van der Waals surface area contributed by atoms with Crippen molar-refractivity contribution in [3.8, 4) is 0 Å². The molecule has 0 aliphatic rings. The third-order valence-corrected chi connectivity index (χ3v) is 4.03. The molecule has 7 heteroatoms. The van der Waals surface area contributed by atoms with E-state index < -0.39 is 10.0 Å². The van der Waals surface area contributed by atoms with Crippen molar-refractivity contribution in [2.24, 2.45) is 0 Å². The Morgan fingerprint density at radius 3 is 2.50 bits per heavy atom. The fourth-order valence-electron chi connectivity index (χ4n) is 1.71. The molecule has 0 heterocycles. The molecule has 0 radical (unpaired) electrons. The first-order valence-corrected chi connectivity index (χ1v) is 8.23. The molecule has 1 aromatic carbocycles. The third kappa shape index (κ3) is 5.18. The smallest absolute Gasteiger partial charge is 0.253 e. The van der Waals surface area contributed by atoms with E-state index in [-0.39, 0.29) is 18.2 Å². The van der Waals surface area contributed by atoms with Gasteiger partial charge in [-0.25, -0.2) is 13.1 Å². The molecule has 0 bridgehead atoms. The minimum atomic E-state index is -3.31. The van der Waals surface area contributed by atoms with Crippen molar-refractivity contribution in [2.75, 3.05) is 30.7 Å². The zero-order valence-electron chi connectivity index (χ0n) is 11.8. The van der Waals surface area contributed by atoms with E-state index >= 15 is 0 Å². The van der Waals surface area contributed by atoms with Crippen molar-refractivity contribution in [1.29, 1.82) is 0 Å². The first-order chi connectivity index (χ1) is 9.50. The molecule has 1 aromatic rings. The number of carbonyl (C=O) groups is 1. The fraction of sp³-hybridized carbons (Fsp3) is 0.462. The summed E-state index contributed by atoms with van der Waals surface area (Å²) in [6, 6.07) is 7.12. The molecule has 1 rings (SSSR count). The Bertz CT molecular complexity index is 544. The molecule has 3 N–H and O–H groups in total. The molecular formula is C13H21N3O3S. The highest BCUT2D eigenvalue weighted by Gasteiger charge is 2.12. The second-order valence-electron chi connectivity index (χ2n) is 4.15. The fourth-order valence-corrected chi connectivity index (χ4v) is 2.67. The van der Waals surface area contributed by atoms with Gasteiger partial charge in [-0.15, -0.1) is 0 Å². The van der Waals surface area contributed by atoms with Crippen molar-refractivity contribution in [2.45, 2.75) is 13.8 Å². The van der Waals surface area contributed by atoms with Crippen molar-refractivity contribution in [3.63, 3.8) is 0 Å². The summed E-state index contributed by atoms with van der Waals surface area (Å²) in [6.45, 7) is 4.79. The molecule has 0 saturated heterocycles. The van der Waals surface area contributed by atoms with Crippen LogP contribution in [0, 0.1) is 0 Å². The van der Waals surface area contributed by atoms with Crippen molar-refractivity contribution in [1.82, 2.24) is 10.0 Å². The van der Waals surface area contributed by atoms with Gasteiger partial charge >= 0.3 is 0 Å². The van der Waals surface area contributed by atoms with Crippen LogP contribution in [0.4, 0.5) is 5.69 Å². The molecule has 0 aliphatic carbocycles. The number of amides is 1. The molecule has 0 saturated carbocycles. The van der Waals surface area contributed by atoms with Crippen molar-refractivity contribution < 1.29 is 13.2 Å². The van der Waals surface area contributed by atoms with Gasteiger partial charge in [0.15, 0.2) is 0 Å². The van der Waals surface area contributed by atoms with Gasteiger partial charge in [0.05, 0.1) is 11.3 Å². The number of nitrogens with one attached hydrogen (secondary N) is 3. The minimum absolute atomic E-state index is 0.0780. The Kier molecular flexibility index (Phi) is 6.47. The molecule has 112 valence electrons. The van der Waals surface area contributed by atoms with Gasteiger partial charge in [-0.3, -0.25) is 4.79 Å². The summed E-state index contributed by atoms with van der Waals surface area (Å²) >= 11 is 0. The monoisotopic (exact) mass is 299 g/mol. The Balaban J connectivity index is 2.60. The largest absolute Gasteiger partial charge is 0.385 e. The van der Waals surface area contributed by atoms with E-state index in [0.717, 1.165) is 5.69 Å². The Hall–Kier alpha value is -1.60. The number of hydrogen-bond donors (Lipinski definition) is 3. The van der Waals surface area contributed by atoms with Crippen LogP contribution in [0.5, 0.6) is 0 Å². The van der Waals surface area contributed by atoms with Crippen LogP contribution < -0.4 is 15.4 Å². The number of anilines is 1. The Morgan fingerprint density at radius 1 is 1.15 bits per heavy atom. The van der Waals surface area contributed by atoms with Crippen molar-refractivity contribution in [3.05, 3.63) is 29.8 Å². The molecule has 0 spiro atoms. The summed E-state index contributed by atoms with van der Waals surface area (Å²) in [5.41, 5.74) is 1.25. The molecule has 20 heavy (non-hydrogen) atoms. The third-order valence-electron chi connectivity index (χ3n) is 2.56. The second kappa shape index (κ2) is 7.86. The van der Waals surface area contributed by atoms with Gasteiger partial charge in [-0.05, 0) is 19.1 Å². The number of hydrogen-bond acceptors (Lipinski definition) is 4. The topological polar surface area (TPSA) is 87.3 Å². The van der Waals surface area contributed by atoms with Gasteiger partial charge in [0.2, 0.25) is 10.0 Å². The highest BCUT2D eigenvalue weighted by Crippen LogP contribution is 2.14. The van der Waals surface area contributed by atoms with Crippen LogP contribution in [-0.2, 0) is 10.0 Å². The molecule has 1 amide bonds. The molecular weight excluding hydrogens is 278 g/mol. The quantitative estimate of drug-likeness (QED) is 0.662. The number of rotatable bonds is 8. The first-order valence-electron chi connectivity index (χ1n) is 6.58. The first kappa shape index (κ1) is 16.5. The second-order valence-corrected chi connectivity index (χ2v) is 6.07. The van der Waals surface area contributed by atoms with E-state index in [0.29, 0.717) is 18.7 Å². The molecule has 0 aliphatic heterocycles. The summed E-state index contributed by atoms with van der Waals surface area (Å²) in [7, 11) is -3.31. The maximum Gasteiger partial charge on any atom is 0.253 e. The van der Waals surface area contributed by atoms with Crippen molar-refractivity contribution >= 4 is 21.6 Å². The number of para-hydroxylation sites is 1.